The van der Waals surface area contributed by atoms with Crippen molar-refractivity contribution in [3.63, 3.8) is 0 Å². The Morgan fingerprint density at radius 2 is 1.90 bits per heavy atom. The number of likely N-dealkylation sites (tertiary alicyclic amines) is 1. The molecular weight excluding hydrogens is 378 g/mol. The molecule has 0 aromatic heterocycles. The average molecular weight is 405 g/mol. The number of hydrogen-bond acceptors (Lipinski definition) is 6. The number of rotatable bonds is 9. The van der Waals surface area contributed by atoms with Crippen LogP contribution in [0.4, 0.5) is 5.69 Å². The molecule has 158 valence electrons. The summed E-state index contributed by atoms with van der Waals surface area (Å²) in [5.41, 5.74) is -0.0566. The van der Waals surface area contributed by atoms with Crippen LogP contribution in [0, 0.1) is 10.1 Å². The lowest BCUT2D eigenvalue weighted by Gasteiger charge is -2.31. The first-order chi connectivity index (χ1) is 13.9. The second kappa shape index (κ2) is 11.1. The second-order valence-corrected chi connectivity index (χ2v) is 6.96. The first-order valence-electron chi connectivity index (χ1n) is 9.70. The fraction of sp³-hybridized carbons (Fsp3) is 0.526. The van der Waals surface area contributed by atoms with Crippen LogP contribution in [0.2, 0.25) is 0 Å². The van der Waals surface area contributed by atoms with Crippen molar-refractivity contribution in [1.29, 1.82) is 0 Å². The van der Waals surface area contributed by atoms with Crippen molar-refractivity contribution in [2.75, 3.05) is 32.7 Å². The van der Waals surface area contributed by atoms with E-state index in [1.807, 2.05) is 6.92 Å². The molecule has 10 nitrogen and oxygen atoms in total. The van der Waals surface area contributed by atoms with Gasteiger partial charge in [-0.1, -0.05) is 13.0 Å². The summed E-state index contributed by atoms with van der Waals surface area (Å²) in [6, 6.07) is 5.33. The number of benzene rings is 1. The lowest BCUT2D eigenvalue weighted by atomic mass is 10.0. The topological polar surface area (TPSA) is 134 Å². The van der Waals surface area contributed by atoms with Gasteiger partial charge in [0.2, 0.25) is 11.8 Å². The zero-order valence-electron chi connectivity index (χ0n) is 16.5. The van der Waals surface area contributed by atoms with E-state index in [-0.39, 0.29) is 35.7 Å². The number of nitro groups is 1. The number of carbonyl (C=O) groups is 3. The summed E-state index contributed by atoms with van der Waals surface area (Å²) in [5.74, 6) is -0.849. The van der Waals surface area contributed by atoms with Gasteiger partial charge >= 0.3 is 0 Å². The van der Waals surface area contributed by atoms with Crippen LogP contribution in [-0.4, -0.2) is 66.3 Å². The third kappa shape index (κ3) is 7.49. The van der Waals surface area contributed by atoms with E-state index in [2.05, 4.69) is 20.9 Å². The molecule has 3 amide bonds. The number of carbonyl (C=O) groups excluding carboxylic acids is 3. The number of hydrogen-bond donors (Lipinski definition) is 3. The van der Waals surface area contributed by atoms with E-state index >= 15 is 0 Å². The Kier molecular flexibility index (Phi) is 8.53. The molecule has 1 aromatic carbocycles. The van der Waals surface area contributed by atoms with Crippen LogP contribution in [0.5, 0.6) is 0 Å². The maximum absolute atomic E-state index is 12.1. The van der Waals surface area contributed by atoms with Crippen molar-refractivity contribution in [1.82, 2.24) is 20.9 Å². The molecule has 0 unspecified atom stereocenters. The fourth-order valence-corrected chi connectivity index (χ4v) is 3.06. The SMILES string of the molecule is CCCNC(=O)CN1CCC(NC(=O)CNC(=O)c2cccc([N+](=O)[O-])c2)CC1. The molecule has 3 N–H and O–H groups in total. The van der Waals surface area contributed by atoms with Gasteiger partial charge in [-0.05, 0) is 25.3 Å². The minimum absolute atomic E-state index is 0.00725. The van der Waals surface area contributed by atoms with E-state index in [9.17, 15) is 24.5 Å². The van der Waals surface area contributed by atoms with E-state index in [1.54, 1.807) is 0 Å². The first kappa shape index (κ1) is 22.3. The Morgan fingerprint density at radius 3 is 2.55 bits per heavy atom. The summed E-state index contributed by atoms with van der Waals surface area (Å²) >= 11 is 0. The van der Waals surface area contributed by atoms with Crippen LogP contribution in [0.3, 0.4) is 0 Å². The predicted octanol–water partition coefficient (Wildman–Crippen LogP) is 0.431. The molecule has 2 rings (SSSR count). The van der Waals surface area contributed by atoms with E-state index in [1.165, 1.54) is 24.3 Å². The molecule has 1 fully saturated rings. The number of nitro benzene ring substituents is 1. The van der Waals surface area contributed by atoms with Crippen LogP contribution in [0.1, 0.15) is 36.5 Å². The molecule has 0 aliphatic carbocycles. The van der Waals surface area contributed by atoms with Crippen LogP contribution in [-0.2, 0) is 9.59 Å². The first-order valence-corrected chi connectivity index (χ1v) is 9.70. The molecule has 1 aromatic rings. The molecule has 29 heavy (non-hydrogen) atoms. The number of piperidine rings is 1. The summed E-state index contributed by atoms with van der Waals surface area (Å²) in [6.45, 7) is 4.25. The van der Waals surface area contributed by atoms with Crippen LogP contribution < -0.4 is 16.0 Å². The smallest absolute Gasteiger partial charge is 0.270 e. The Labute approximate surface area is 169 Å². The molecule has 0 spiro atoms. The Bertz CT molecular complexity index is 746. The molecule has 1 aliphatic heterocycles. The quantitative estimate of drug-likeness (QED) is 0.403. The molecular formula is C19H27N5O5. The van der Waals surface area contributed by atoms with E-state index in [4.69, 9.17) is 0 Å². The fourth-order valence-electron chi connectivity index (χ4n) is 3.06. The zero-order chi connectivity index (χ0) is 21.2. The Hall–Kier alpha value is -3.01. The molecule has 10 heteroatoms. The van der Waals surface area contributed by atoms with Gasteiger partial charge in [-0.15, -0.1) is 0 Å². The summed E-state index contributed by atoms with van der Waals surface area (Å²) in [7, 11) is 0. The number of amides is 3. The van der Waals surface area contributed by atoms with Crippen molar-refractivity contribution >= 4 is 23.4 Å². The number of nitrogens with zero attached hydrogens (tertiary/aromatic N) is 2. The van der Waals surface area contributed by atoms with Crippen LogP contribution >= 0.6 is 0 Å². The second-order valence-electron chi connectivity index (χ2n) is 6.96. The van der Waals surface area contributed by atoms with Gasteiger partial charge in [0.15, 0.2) is 0 Å². The van der Waals surface area contributed by atoms with E-state index < -0.39 is 10.8 Å². The van der Waals surface area contributed by atoms with E-state index in [0.29, 0.717) is 26.2 Å². The molecule has 1 heterocycles. The van der Waals surface area contributed by atoms with Crippen molar-refractivity contribution in [2.45, 2.75) is 32.2 Å². The molecule has 1 saturated heterocycles. The molecule has 0 atom stereocenters. The highest BCUT2D eigenvalue weighted by molar-refractivity contribution is 5.97. The number of non-ortho nitro benzene ring substituents is 1. The highest BCUT2D eigenvalue weighted by Crippen LogP contribution is 2.13. The normalized spacial score (nSPS) is 14.8. The van der Waals surface area contributed by atoms with Gasteiger partial charge < -0.3 is 16.0 Å². The highest BCUT2D eigenvalue weighted by atomic mass is 16.6. The van der Waals surface area contributed by atoms with Crippen LogP contribution in [0.25, 0.3) is 0 Å². The maximum Gasteiger partial charge on any atom is 0.270 e. The minimum atomic E-state index is -0.580. The Morgan fingerprint density at radius 1 is 1.17 bits per heavy atom. The molecule has 0 radical (unpaired) electrons. The lowest BCUT2D eigenvalue weighted by molar-refractivity contribution is -0.384. The average Bonchev–Trinajstić information content (AvgIpc) is 2.72. The van der Waals surface area contributed by atoms with Crippen LogP contribution in [0.15, 0.2) is 24.3 Å². The zero-order valence-corrected chi connectivity index (χ0v) is 16.5. The van der Waals surface area contributed by atoms with Gasteiger partial charge in [-0.2, -0.15) is 0 Å². The lowest BCUT2D eigenvalue weighted by Crippen LogP contribution is -2.49. The van der Waals surface area contributed by atoms with Crippen molar-refractivity contribution in [3.05, 3.63) is 39.9 Å². The predicted molar refractivity (Wildman–Crippen MR) is 106 cm³/mol. The maximum atomic E-state index is 12.1. The largest absolute Gasteiger partial charge is 0.355 e. The van der Waals surface area contributed by atoms with Gasteiger partial charge in [0.05, 0.1) is 18.0 Å². The molecule has 0 bridgehead atoms. The van der Waals surface area contributed by atoms with Gasteiger partial charge in [0.25, 0.3) is 11.6 Å². The van der Waals surface area contributed by atoms with Gasteiger partial charge in [0, 0.05) is 43.4 Å². The van der Waals surface area contributed by atoms with Gasteiger partial charge in [0.1, 0.15) is 0 Å². The summed E-state index contributed by atoms with van der Waals surface area (Å²) in [5, 5.41) is 19.0. The highest BCUT2D eigenvalue weighted by Gasteiger charge is 2.22. The standard InChI is InChI=1S/C19H27N5O5/c1-2-8-20-18(26)13-23-9-6-15(7-10-23)22-17(25)12-21-19(27)14-4-3-5-16(11-14)24(28)29/h3-5,11,15H,2,6-10,12-13H2,1H3,(H,20,26)(H,21,27)(H,22,25). The van der Waals surface area contributed by atoms with Crippen molar-refractivity contribution < 1.29 is 19.3 Å². The monoisotopic (exact) mass is 405 g/mol. The molecule has 0 saturated carbocycles. The number of nitrogens with one attached hydrogen (secondary N) is 3. The van der Waals surface area contributed by atoms with Crippen molar-refractivity contribution in [3.8, 4) is 0 Å². The van der Waals surface area contributed by atoms with E-state index in [0.717, 1.165) is 19.3 Å². The summed E-state index contributed by atoms with van der Waals surface area (Å²) in [4.78, 5) is 48.2. The Balaban J connectivity index is 1.70. The molecule has 1 aliphatic rings. The van der Waals surface area contributed by atoms with Gasteiger partial charge in [-0.25, -0.2) is 0 Å². The third-order valence-corrected chi connectivity index (χ3v) is 4.62. The summed E-state index contributed by atoms with van der Waals surface area (Å²) in [6.07, 6.45) is 2.36. The summed E-state index contributed by atoms with van der Waals surface area (Å²) < 4.78 is 0. The van der Waals surface area contributed by atoms with Crippen molar-refractivity contribution in [2.24, 2.45) is 0 Å². The third-order valence-electron chi connectivity index (χ3n) is 4.62. The van der Waals surface area contributed by atoms with Gasteiger partial charge in [-0.3, -0.25) is 29.4 Å². The minimum Gasteiger partial charge on any atom is -0.355 e.